The van der Waals surface area contributed by atoms with Gasteiger partial charge in [0.2, 0.25) is 0 Å². The van der Waals surface area contributed by atoms with E-state index in [-0.39, 0.29) is 12.6 Å². The van der Waals surface area contributed by atoms with Gasteiger partial charge in [-0.05, 0) is 13.0 Å². The maximum atomic E-state index is 10.7. The minimum Gasteiger partial charge on any atom is -0.396 e. The van der Waals surface area contributed by atoms with E-state index in [4.69, 9.17) is 10.2 Å². The second-order valence-corrected chi connectivity index (χ2v) is 4.64. The van der Waals surface area contributed by atoms with Crippen molar-refractivity contribution in [3.05, 3.63) is 0 Å². The van der Waals surface area contributed by atoms with E-state index in [2.05, 4.69) is 5.32 Å². The Morgan fingerprint density at radius 1 is 1.54 bits per heavy atom. The van der Waals surface area contributed by atoms with Gasteiger partial charge in [-0.15, -0.1) is 0 Å². The molecule has 0 aromatic heterocycles. The zero-order chi connectivity index (χ0) is 9.90. The van der Waals surface area contributed by atoms with Crippen LogP contribution in [0.15, 0.2) is 0 Å². The van der Waals surface area contributed by atoms with Gasteiger partial charge in [0.1, 0.15) is 0 Å². The molecule has 0 aromatic carbocycles. The van der Waals surface area contributed by atoms with Crippen LogP contribution in [-0.2, 0) is 10.2 Å². The molecule has 1 fully saturated rings. The van der Waals surface area contributed by atoms with Crippen molar-refractivity contribution in [2.24, 2.45) is 5.14 Å². The van der Waals surface area contributed by atoms with E-state index in [0.29, 0.717) is 26.1 Å². The third kappa shape index (κ3) is 3.20. The van der Waals surface area contributed by atoms with Gasteiger partial charge < -0.3 is 10.4 Å². The van der Waals surface area contributed by atoms with Gasteiger partial charge in [-0.2, -0.15) is 12.7 Å². The lowest BCUT2D eigenvalue weighted by molar-refractivity contribution is 0.218. The molecule has 1 rings (SSSR count). The van der Waals surface area contributed by atoms with Gasteiger partial charge in [0, 0.05) is 25.7 Å². The maximum absolute atomic E-state index is 10.7. The van der Waals surface area contributed by atoms with E-state index in [1.165, 1.54) is 4.31 Å². The molecular formula is C6H15N3O3S. The Morgan fingerprint density at radius 2 is 2.15 bits per heavy atom. The van der Waals surface area contributed by atoms with Crippen LogP contribution in [0.3, 0.4) is 0 Å². The van der Waals surface area contributed by atoms with E-state index < -0.39 is 10.2 Å². The highest BCUT2D eigenvalue weighted by Crippen LogP contribution is 2.09. The van der Waals surface area contributed by atoms with Crippen molar-refractivity contribution < 1.29 is 13.5 Å². The Balaban J connectivity index is 2.12. The largest absolute Gasteiger partial charge is 0.396 e. The van der Waals surface area contributed by atoms with Crippen LogP contribution in [0.2, 0.25) is 0 Å². The number of rotatable bonds is 5. The first-order valence-electron chi connectivity index (χ1n) is 4.16. The normalized spacial score (nSPS) is 20.2. The second-order valence-electron chi connectivity index (χ2n) is 3.09. The third-order valence-corrected chi connectivity index (χ3v) is 2.99. The van der Waals surface area contributed by atoms with Crippen molar-refractivity contribution >= 4 is 10.2 Å². The summed E-state index contributed by atoms with van der Waals surface area (Å²) in [6, 6.07) is 0.185. The second kappa shape index (κ2) is 4.34. The standard InChI is InChI=1S/C6H15N3O3S/c7-13(11,12)9-4-6(5-9)8-2-1-3-10/h6,8,10H,1-5H2,(H2,7,11,12). The Morgan fingerprint density at radius 3 is 2.62 bits per heavy atom. The van der Waals surface area contributed by atoms with Gasteiger partial charge in [0.05, 0.1) is 0 Å². The van der Waals surface area contributed by atoms with Crippen molar-refractivity contribution in [3.8, 4) is 0 Å². The van der Waals surface area contributed by atoms with Crippen LogP contribution in [0, 0.1) is 0 Å². The molecule has 0 radical (unpaired) electrons. The summed E-state index contributed by atoms with van der Waals surface area (Å²) in [4.78, 5) is 0. The van der Waals surface area contributed by atoms with Crippen molar-refractivity contribution in [2.75, 3.05) is 26.2 Å². The lowest BCUT2D eigenvalue weighted by Gasteiger charge is -2.37. The van der Waals surface area contributed by atoms with Crippen LogP contribution in [0.4, 0.5) is 0 Å². The average Bonchev–Trinajstić information content (AvgIpc) is 1.91. The molecule has 0 unspecified atom stereocenters. The van der Waals surface area contributed by atoms with Crippen molar-refractivity contribution in [2.45, 2.75) is 12.5 Å². The van der Waals surface area contributed by atoms with Crippen LogP contribution >= 0.6 is 0 Å². The summed E-state index contributed by atoms with van der Waals surface area (Å²) in [5, 5.41) is 16.5. The number of hydrogen-bond donors (Lipinski definition) is 3. The molecule has 7 heteroatoms. The first kappa shape index (κ1) is 10.9. The fraction of sp³-hybridized carbons (Fsp3) is 1.00. The predicted molar refractivity (Wildman–Crippen MR) is 48.2 cm³/mol. The molecule has 0 aliphatic carbocycles. The highest BCUT2D eigenvalue weighted by molar-refractivity contribution is 7.86. The summed E-state index contributed by atoms with van der Waals surface area (Å²) < 4.78 is 22.7. The van der Waals surface area contributed by atoms with Crippen LogP contribution in [0.25, 0.3) is 0 Å². The van der Waals surface area contributed by atoms with Gasteiger partial charge in [-0.25, -0.2) is 5.14 Å². The van der Waals surface area contributed by atoms with Crippen LogP contribution in [0.1, 0.15) is 6.42 Å². The van der Waals surface area contributed by atoms with Crippen LogP contribution < -0.4 is 10.5 Å². The fourth-order valence-electron chi connectivity index (χ4n) is 1.16. The van der Waals surface area contributed by atoms with Crippen molar-refractivity contribution in [1.82, 2.24) is 9.62 Å². The molecule has 0 spiro atoms. The molecule has 0 atom stereocenters. The Kier molecular flexibility index (Phi) is 3.63. The molecular weight excluding hydrogens is 194 g/mol. The van der Waals surface area contributed by atoms with Gasteiger partial charge in [-0.3, -0.25) is 0 Å². The van der Waals surface area contributed by atoms with Crippen LogP contribution in [-0.4, -0.2) is 50.1 Å². The molecule has 1 saturated heterocycles. The summed E-state index contributed by atoms with van der Waals surface area (Å²) in [6.45, 7) is 1.73. The summed E-state index contributed by atoms with van der Waals surface area (Å²) in [5.41, 5.74) is 0. The average molecular weight is 209 g/mol. The monoisotopic (exact) mass is 209 g/mol. The summed E-state index contributed by atoms with van der Waals surface area (Å²) in [7, 11) is -3.49. The SMILES string of the molecule is NS(=O)(=O)N1CC(NCCCO)C1. The van der Waals surface area contributed by atoms with E-state index in [9.17, 15) is 8.42 Å². The number of aliphatic hydroxyl groups excluding tert-OH is 1. The molecule has 4 N–H and O–H groups in total. The molecule has 0 saturated carbocycles. The van der Waals surface area contributed by atoms with Gasteiger partial charge in [0.25, 0.3) is 10.2 Å². The predicted octanol–water partition coefficient (Wildman–Crippen LogP) is -2.15. The fourth-order valence-corrected chi connectivity index (χ4v) is 1.94. The highest BCUT2D eigenvalue weighted by atomic mass is 32.2. The molecule has 1 heterocycles. The van der Waals surface area contributed by atoms with Crippen molar-refractivity contribution in [3.63, 3.8) is 0 Å². The smallest absolute Gasteiger partial charge is 0.277 e. The molecule has 6 nitrogen and oxygen atoms in total. The number of nitrogens with zero attached hydrogens (tertiary/aromatic N) is 1. The van der Waals surface area contributed by atoms with Crippen molar-refractivity contribution in [1.29, 1.82) is 0 Å². The molecule has 0 aromatic rings. The maximum Gasteiger partial charge on any atom is 0.277 e. The summed E-state index contributed by atoms with van der Waals surface area (Å²) in [5.74, 6) is 0. The molecule has 0 bridgehead atoms. The topological polar surface area (TPSA) is 95.7 Å². The summed E-state index contributed by atoms with van der Waals surface area (Å²) in [6.07, 6.45) is 0.686. The zero-order valence-corrected chi connectivity index (χ0v) is 8.13. The number of hydrogen-bond acceptors (Lipinski definition) is 4. The van der Waals surface area contributed by atoms with Crippen LogP contribution in [0.5, 0.6) is 0 Å². The van der Waals surface area contributed by atoms with Gasteiger partial charge in [-0.1, -0.05) is 0 Å². The first-order valence-corrected chi connectivity index (χ1v) is 5.66. The quantitative estimate of drug-likeness (QED) is 0.450. The lowest BCUT2D eigenvalue weighted by Crippen LogP contribution is -2.61. The molecule has 78 valence electrons. The van der Waals surface area contributed by atoms with Gasteiger partial charge >= 0.3 is 0 Å². The third-order valence-electron chi connectivity index (χ3n) is 1.98. The van der Waals surface area contributed by atoms with E-state index in [1.807, 2.05) is 0 Å². The van der Waals surface area contributed by atoms with E-state index in [0.717, 1.165) is 0 Å². The zero-order valence-electron chi connectivity index (χ0n) is 7.31. The number of nitrogens with two attached hydrogens (primary N) is 1. The Hall–Kier alpha value is -0.210. The highest BCUT2D eigenvalue weighted by Gasteiger charge is 2.32. The minimum absolute atomic E-state index is 0.151. The van der Waals surface area contributed by atoms with E-state index >= 15 is 0 Å². The number of nitrogens with one attached hydrogen (secondary N) is 1. The van der Waals surface area contributed by atoms with E-state index in [1.54, 1.807) is 0 Å². The molecule has 1 aliphatic heterocycles. The van der Waals surface area contributed by atoms with Gasteiger partial charge in [0.15, 0.2) is 0 Å². The molecule has 1 aliphatic rings. The molecule has 0 amide bonds. The Bertz CT molecular complexity index is 248. The Labute approximate surface area is 77.9 Å². The minimum atomic E-state index is -3.49. The molecule has 13 heavy (non-hydrogen) atoms. The lowest BCUT2D eigenvalue weighted by atomic mass is 10.2. The number of aliphatic hydroxyl groups is 1. The first-order chi connectivity index (χ1) is 6.04. The summed E-state index contributed by atoms with van der Waals surface area (Å²) >= 11 is 0.